The van der Waals surface area contributed by atoms with Crippen molar-refractivity contribution in [3.05, 3.63) is 88.8 Å². The fraction of sp³-hybridized carbons (Fsp3) is 0.240. The molecule has 7 heteroatoms. The van der Waals surface area contributed by atoms with Gasteiger partial charge in [-0.1, -0.05) is 18.2 Å². The monoisotopic (exact) mass is 429 g/mol. The van der Waals surface area contributed by atoms with E-state index in [1.54, 1.807) is 16.8 Å². The molecule has 0 aliphatic heterocycles. The minimum atomic E-state index is -0.297. The van der Waals surface area contributed by atoms with Crippen LogP contribution in [0.4, 0.5) is 10.1 Å². The van der Waals surface area contributed by atoms with Gasteiger partial charge in [0, 0.05) is 11.3 Å². The van der Waals surface area contributed by atoms with Crippen molar-refractivity contribution in [3.8, 4) is 11.4 Å². The number of nitrogens with one attached hydrogen (secondary N) is 1. The predicted molar refractivity (Wildman–Crippen MR) is 121 cm³/mol. The number of carbonyl (C=O) groups excluding carboxylic acids is 1. The summed E-state index contributed by atoms with van der Waals surface area (Å²) in [6, 6.07) is 16.0. The number of amides is 1. The molecule has 0 unspecified atom stereocenters. The first kappa shape index (κ1) is 20.2. The van der Waals surface area contributed by atoms with Crippen molar-refractivity contribution < 1.29 is 9.18 Å². The first-order valence-electron chi connectivity index (χ1n) is 10.8. The van der Waals surface area contributed by atoms with Crippen molar-refractivity contribution in [1.29, 1.82) is 0 Å². The smallest absolute Gasteiger partial charge is 0.276 e. The van der Waals surface area contributed by atoms with Crippen molar-refractivity contribution in [3.63, 3.8) is 0 Å². The molecule has 0 saturated carbocycles. The van der Waals surface area contributed by atoms with Crippen LogP contribution in [-0.4, -0.2) is 25.5 Å². The molecular formula is C25H24FN5O. The van der Waals surface area contributed by atoms with Crippen LogP contribution in [0.3, 0.4) is 0 Å². The molecule has 1 aliphatic carbocycles. The van der Waals surface area contributed by atoms with Gasteiger partial charge in [-0.05, 0) is 75.9 Å². The third-order valence-corrected chi connectivity index (χ3v) is 6.00. The van der Waals surface area contributed by atoms with Crippen LogP contribution in [0, 0.1) is 19.7 Å². The van der Waals surface area contributed by atoms with Crippen LogP contribution in [0.5, 0.6) is 0 Å². The number of carbonyl (C=O) groups is 1. The highest BCUT2D eigenvalue weighted by atomic mass is 19.1. The summed E-state index contributed by atoms with van der Waals surface area (Å²) in [4.78, 5) is 13.4. The second kappa shape index (κ2) is 8.07. The fourth-order valence-electron chi connectivity index (χ4n) is 4.39. The average molecular weight is 429 g/mol. The predicted octanol–water partition coefficient (Wildman–Crippen LogP) is 4.95. The van der Waals surface area contributed by atoms with Crippen LogP contribution in [0.2, 0.25) is 0 Å². The van der Waals surface area contributed by atoms with E-state index in [-0.39, 0.29) is 11.7 Å². The Balaban J connectivity index is 1.51. The highest BCUT2D eigenvalue weighted by Crippen LogP contribution is 2.29. The van der Waals surface area contributed by atoms with E-state index in [0.29, 0.717) is 11.4 Å². The number of para-hydroxylation sites is 1. The van der Waals surface area contributed by atoms with Crippen LogP contribution in [0.25, 0.3) is 11.4 Å². The van der Waals surface area contributed by atoms with Gasteiger partial charge in [0.2, 0.25) is 0 Å². The molecule has 2 aromatic carbocycles. The van der Waals surface area contributed by atoms with Gasteiger partial charge in [0.1, 0.15) is 5.82 Å². The molecule has 1 aliphatic rings. The highest BCUT2D eigenvalue weighted by molar-refractivity contribution is 6.04. The van der Waals surface area contributed by atoms with Crippen LogP contribution in [0.15, 0.2) is 54.6 Å². The first-order valence-corrected chi connectivity index (χ1v) is 10.8. The Morgan fingerprint density at radius 3 is 2.34 bits per heavy atom. The number of fused-ring (bicyclic) bond motifs is 1. The van der Waals surface area contributed by atoms with E-state index in [0.717, 1.165) is 59.7 Å². The summed E-state index contributed by atoms with van der Waals surface area (Å²) in [6.45, 7) is 3.82. The molecule has 5 rings (SSSR count). The Labute approximate surface area is 185 Å². The third-order valence-electron chi connectivity index (χ3n) is 6.00. The fourth-order valence-corrected chi connectivity index (χ4v) is 4.39. The van der Waals surface area contributed by atoms with Crippen molar-refractivity contribution in [2.45, 2.75) is 39.5 Å². The Hall–Kier alpha value is -3.74. The van der Waals surface area contributed by atoms with Gasteiger partial charge in [0.15, 0.2) is 5.69 Å². The molecule has 0 radical (unpaired) electrons. The highest BCUT2D eigenvalue weighted by Gasteiger charge is 2.27. The van der Waals surface area contributed by atoms with Gasteiger partial charge in [-0.2, -0.15) is 10.2 Å². The molecule has 4 aromatic rings. The lowest BCUT2D eigenvalue weighted by molar-refractivity contribution is 0.102. The van der Waals surface area contributed by atoms with Crippen LogP contribution >= 0.6 is 0 Å². The lowest BCUT2D eigenvalue weighted by atomic mass is 9.95. The maximum Gasteiger partial charge on any atom is 0.276 e. The molecule has 0 fully saturated rings. The minimum Gasteiger partial charge on any atom is -0.317 e. The normalized spacial score (nSPS) is 13.1. The van der Waals surface area contributed by atoms with Crippen molar-refractivity contribution >= 4 is 11.6 Å². The largest absolute Gasteiger partial charge is 0.317 e. The molecule has 32 heavy (non-hydrogen) atoms. The molecule has 6 nitrogen and oxygen atoms in total. The number of anilines is 1. The average Bonchev–Trinajstić information content (AvgIpc) is 3.33. The molecule has 0 spiro atoms. The van der Waals surface area contributed by atoms with E-state index in [9.17, 15) is 9.18 Å². The van der Waals surface area contributed by atoms with E-state index in [2.05, 4.69) is 15.5 Å². The van der Waals surface area contributed by atoms with Gasteiger partial charge < -0.3 is 5.32 Å². The number of hydrogen-bond acceptors (Lipinski definition) is 3. The topological polar surface area (TPSA) is 64.7 Å². The number of hydrogen-bond donors (Lipinski definition) is 1. The van der Waals surface area contributed by atoms with E-state index >= 15 is 0 Å². The zero-order valence-corrected chi connectivity index (χ0v) is 18.1. The summed E-state index contributed by atoms with van der Waals surface area (Å²) in [5.74, 6) is -0.544. The summed E-state index contributed by atoms with van der Waals surface area (Å²) in [5, 5.41) is 12.3. The Morgan fingerprint density at radius 1 is 0.906 bits per heavy atom. The van der Waals surface area contributed by atoms with Crippen molar-refractivity contribution in [2.75, 3.05) is 5.32 Å². The molecule has 1 N–H and O–H groups in total. The lowest BCUT2D eigenvalue weighted by Crippen LogP contribution is -2.16. The minimum absolute atomic E-state index is 0.247. The van der Waals surface area contributed by atoms with Gasteiger partial charge in [-0.25, -0.2) is 13.8 Å². The summed E-state index contributed by atoms with van der Waals surface area (Å²) in [5.41, 5.74) is 6.42. The number of benzene rings is 2. The second-order valence-electron chi connectivity index (χ2n) is 8.12. The lowest BCUT2D eigenvalue weighted by Gasteiger charge is -2.14. The summed E-state index contributed by atoms with van der Waals surface area (Å²) >= 11 is 0. The number of rotatable bonds is 4. The van der Waals surface area contributed by atoms with Crippen LogP contribution < -0.4 is 5.32 Å². The first-order chi connectivity index (χ1) is 15.5. The van der Waals surface area contributed by atoms with E-state index in [4.69, 9.17) is 0 Å². The van der Waals surface area contributed by atoms with Crippen LogP contribution in [-0.2, 0) is 12.8 Å². The Morgan fingerprint density at radius 2 is 1.59 bits per heavy atom. The Kier molecular flexibility index (Phi) is 5.09. The van der Waals surface area contributed by atoms with Crippen LogP contribution in [0.1, 0.15) is 46.0 Å². The third kappa shape index (κ3) is 3.49. The number of aromatic nitrogens is 4. The quantitative estimate of drug-likeness (QED) is 0.499. The maximum atomic E-state index is 13.4. The summed E-state index contributed by atoms with van der Waals surface area (Å²) < 4.78 is 17.0. The molecule has 1 amide bonds. The molecule has 0 atom stereocenters. The van der Waals surface area contributed by atoms with Crippen molar-refractivity contribution in [1.82, 2.24) is 19.6 Å². The molecule has 0 bridgehead atoms. The molecule has 162 valence electrons. The van der Waals surface area contributed by atoms with Crippen molar-refractivity contribution in [2.24, 2.45) is 0 Å². The van der Waals surface area contributed by atoms with E-state index in [1.165, 1.54) is 12.1 Å². The number of nitrogens with zero attached hydrogens (tertiary/aromatic N) is 4. The SMILES string of the molecule is Cc1nn(-c2ccccc2)c(C)c1NC(=O)c1nn(-c2ccc(F)cc2)c2c1CCCC2. The zero-order chi connectivity index (χ0) is 22.2. The second-order valence-corrected chi connectivity index (χ2v) is 8.12. The molecule has 2 aromatic heterocycles. The van der Waals surface area contributed by atoms with Gasteiger partial charge in [-0.3, -0.25) is 4.79 Å². The standard InChI is InChI=1S/C25H24FN5O/c1-16-23(17(2)30(28-16)19-8-4-3-5-9-19)27-25(32)24-21-10-6-7-11-22(21)31(29-24)20-14-12-18(26)13-15-20/h3-5,8-9,12-15H,6-7,10-11H2,1-2H3,(H,27,32). The Bertz CT molecular complexity index is 1290. The maximum absolute atomic E-state index is 13.4. The zero-order valence-electron chi connectivity index (χ0n) is 18.1. The van der Waals surface area contributed by atoms with E-state index < -0.39 is 0 Å². The molecular weight excluding hydrogens is 405 g/mol. The van der Waals surface area contributed by atoms with Gasteiger partial charge >= 0.3 is 0 Å². The summed E-state index contributed by atoms with van der Waals surface area (Å²) in [7, 11) is 0. The molecule has 0 saturated heterocycles. The van der Waals surface area contributed by atoms with Gasteiger partial charge in [0.25, 0.3) is 5.91 Å². The van der Waals surface area contributed by atoms with E-state index in [1.807, 2.05) is 48.9 Å². The van der Waals surface area contributed by atoms with Gasteiger partial charge in [0.05, 0.1) is 28.5 Å². The van der Waals surface area contributed by atoms with Gasteiger partial charge in [-0.15, -0.1) is 0 Å². The number of aryl methyl sites for hydroxylation is 1. The molecule has 2 heterocycles. The summed E-state index contributed by atoms with van der Waals surface area (Å²) in [6.07, 6.45) is 3.72. The number of halogens is 1.